The van der Waals surface area contributed by atoms with E-state index in [1.807, 2.05) is 25.2 Å². The third kappa shape index (κ3) is 7.34. The third-order valence-electron chi connectivity index (χ3n) is 3.23. The molecule has 0 aliphatic heterocycles. The molecule has 0 atom stereocenters. The summed E-state index contributed by atoms with van der Waals surface area (Å²) in [4.78, 5) is 6.67. The highest BCUT2D eigenvalue weighted by molar-refractivity contribution is 5.79. The zero-order chi connectivity index (χ0) is 16.9. The number of methoxy groups -OCH3 is 2. The molecule has 1 rings (SSSR count). The molecule has 0 radical (unpaired) electrons. The van der Waals surface area contributed by atoms with Crippen molar-refractivity contribution >= 4 is 5.96 Å². The van der Waals surface area contributed by atoms with Gasteiger partial charge >= 0.3 is 0 Å². The van der Waals surface area contributed by atoms with Crippen LogP contribution >= 0.6 is 0 Å². The lowest BCUT2D eigenvalue weighted by atomic mass is 10.2. The van der Waals surface area contributed by atoms with E-state index in [9.17, 15) is 0 Å². The van der Waals surface area contributed by atoms with Crippen molar-refractivity contribution in [3.05, 3.63) is 29.8 Å². The minimum absolute atomic E-state index is 0.584. The minimum Gasteiger partial charge on any atom is -0.496 e. The molecule has 0 aromatic heterocycles. The highest BCUT2D eigenvalue weighted by Crippen LogP contribution is 2.18. The molecule has 0 bridgehead atoms. The molecule has 1 N–H and O–H groups in total. The zero-order valence-corrected chi connectivity index (χ0v) is 14.7. The lowest BCUT2D eigenvalue weighted by Crippen LogP contribution is -2.38. The summed E-state index contributed by atoms with van der Waals surface area (Å²) in [6.45, 7) is 6.00. The first kappa shape index (κ1) is 19.3. The predicted octanol–water partition coefficient (Wildman–Crippen LogP) is 1.76. The largest absolute Gasteiger partial charge is 0.496 e. The Bertz CT molecular complexity index is 466. The molecule has 6 heteroatoms. The average Bonchev–Trinajstić information content (AvgIpc) is 2.57. The molecule has 0 saturated heterocycles. The lowest BCUT2D eigenvalue weighted by molar-refractivity contribution is 0.0747. The van der Waals surface area contributed by atoms with E-state index in [1.54, 1.807) is 14.2 Å². The number of nitrogens with zero attached hydrogens (tertiary/aromatic N) is 2. The summed E-state index contributed by atoms with van der Waals surface area (Å²) in [5.74, 6) is 1.74. The fraction of sp³-hybridized carbons (Fsp3) is 0.588. The van der Waals surface area contributed by atoms with E-state index in [2.05, 4.69) is 28.2 Å². The molecule has 23 heavy (non-hydrogen) atoms. The Labute approximate surface area is 139 Å². The fourth-order valence-electron chi connectivity index (χ4n) is 2.09. The minimum atomic E-state index is 0.584. The number of guanidine groups is 1. The van der Waals surface area contributed by atoms with Gasteiger partial charge in [0.25, 0.3) is 0 Å². The molecule has 0 aliphatic rings. The van der Waals surface area contributed by atoms with Crippen LogP contribution in [-0.4, -0.2) is 65.0 Å². The number of benzene rings is 1. The molecule has 0 amide bonds. The standard InChI is InChI=1S/C17H29N3O3/c1-5-18-17(19-10-11-23-13-12-21-3)20(2)14-15-8-6-7-9-16(15)22-4/h6-9H,5,10-14H2,1-4H3,(H,18,19). The number of nitrogens with one attached hydrogen (secondary N) is 1. The maximum Gasteiger partial charge on any atom is 0.194 e. The number of rotatable bonds is 10. The highest BCUT2D eigenvalue weighted by atomic mass is 16.5. The number of para-hydroxylation sites is 1. The van der Waals surface area contributed by atoms with Gasteiger partial charge in [0.15, 0.2) is 5.96 Å². The zero-order valence-electron chi connectivity index (χ0n) is 14.7. The molecule has 0 spiro atoms. The van der Waals surface area contributed by atoms with Gasteiger partial charge in [0, 0.05) is 32.8 Å². The van der Waals surface area contributed by atoms with Gasteiger partial charge in [-0.25, -0.2) is 0 Å². The van der Waals surface area contributed by atoms with Crippen molar-refractivity contribution in [3.63, 3.8) is 0 Å². The normalized spacial score (nSPS) is 11.4. The molecule has 6 nitrogen and oxygen atoms in total. The molecule has 0 unspecified atom stereocenters. The second-order valence-corrected chi connectivity index (χ2v) is 5.01. The monoisotopic (exact) mass is 323 g/mol. The van der Waals surface area contributed by atoms with Gasteiger partial charge in [-0.2, -0.15) is 0 Å². The Kier molecular flexibility index (Phi) is 9.83. The van der Waals surface area contributed by atoms with Gasteiger partial charge in [-0.15, -0.1) is 0 Å². The number of hydrogen-bond acceptors (Lipinski definition) is 4. The van der Waals surface area contributed by atoms with Crippen LogP contribution in [0.1, 0.15) is 12.5 Å². The highest BCUT2D eigenvalue weighted by Gasteiger charge is 2.09. The van der Waals surface area contributed by atoms with Crippen molar-refractivity contribution in [3.8, 4) is 5.75 Å². The van der Waals surface area contributed by atoms with Gasteiger partial charge in [0.2, 0.25) is 0 Å². The molecule has 0 saturated carbocycles. The van der Waals surface area contributed by atoms with E-state index in [-0.39, 0.29) is 0 Å². The van der Waals surface area contributed by atoms with Crippen molar-refractivity contribution in [1.29, 1.82) is 0 Å². The van der Waals surface area contributed by atoms with Crippen LogP contribution in [0.25, 0.3) is 0 Å². The quantitative estimate of drug-likeness (QED) is 0.404. The van der Waals surface area contributed by atoms with Crippen molar-refractivity contribution < 1.29 is 14.2 Å². The number of aliphatic imine (C=N–C) groups is 1. The van der Waals surface area contributed by atoms with Crippen molar-refractivity contribution in [2.24, 2.45) is 4.99 Å². The van der Waals surface area contributed by atoms with Crippen LogP contribution < -0.4 is 10.1 Å². The van der Waals surface area contributed by atoms with E-state index in [4.69, 9.17) is 14.2 Å². The summed E-state index contributed by atoms with van der Waals surface area (Å²) in [6.07, 6.45) is 0. The van der Waals surface area contributed by atoms with Gasteiger partial charge in [0.05, 0.1) is 33.5 Å². The third-order valence-corrected chi connectivity index (χ3v) is 3.23. The van der Waals surface area contributed by atoms with E-state index in [1.165, 1.54) is 0 Å². The summed E-state index contributed by atoms with van der Waals surface area (Å²) in [7, 11) is 5.37. The maximum absolute atomic E-state index is 5.44. The SMILES string of the molecule is CCNC(=NCCOCCOC)N(C)Cc1ccccc1OC. The van der Waals surface area contributed by atoms with Crippen LogP contribution in [0, 0.1) is 0 Å². The topological polar surface area (TPSA) is 55.3 Å². The van der Waals surface area contributed by atoms with Crippen molar-refractivity contribution in [1.82, 2.24) is 10.2 Å². The summed E-state index contributed by atoms with van der Waals surface area (Å²) in [5.41, 5.74) is 1.12. The molecular weight excluding hydrogens is 294 g/mol. The first-order valence-corrected chi connectivity index (χ1v) is 7.91. The van der Waals surface area contributed by atoms with Gasteiger partial charge in [-0.3, -0.25) is 4.99 Å². The van der Waals surface area contributed by atoms with E-state index in [0.717, 1.165) is 30.4 Å². The van der Waals surface area contributed by atoms with Gasteiger partial charge in [-0.05, 0) is 13.0 Å². The molecule has 130 valence electrons. The summed E-state index contributed by atoms with van der Waals surface area (Å²) in [5, 5.41) is 3.30. The van der Waals surface area contributed by atoms with Crippen LogP contribution in [0.4, 0.5) is 0 Å². The lowest BCUT2D eigenvalue weighted by Gasteiger charge is -2.23. The molecular formula is C17H29N3O3. The van der Waals surface area contributed by atoms with E-state index in [0.29, 0.717) is 26.4 Å². The Hall–Kier alpha value is -1.79. The second kappa shape index (κ2) is 11.7. The Morgan fingerprint density at radius 2 is 1.96 bits per heavy atom. The number of ether oxygens (including phenoxy) is 3. The summed E-state index contributed by atoms with van der Waals surface area (Å²) in [6, 6.07) is 8.02. The van der Waals surface area contributed by atoms with Crippen LogP contribution in [0.2, 0.25) is 0 Å². The van der Waals surface area contributed by atoms with Crippen LogP contribution in [-0.2, 0) is 16.0 Å². The van der Waals surface area contributed by atoms with Crippen LogP contribution in [0.3, 0.4) is 0 Å². The van der Waals surface area contributed by atoms with Gasteiger partial charge < -0.3 is 24.4 Å². The van der Waals surface area contributed by atoms with Crippen molar-refractivity contribution in [2.45, 2.75) is 13.5 Å². The second-order valence-electron chi connectivity index (χ2n) is 5.01. The summed E-state index contributed by atoms with van der Waals surface area (Å²) < 4.78 is 15.8. The van der Waals surface area contributed by atoms with Gasteiger partial charge in [-0.1, -0.05) is 18.2 Å². The molecule has 0 aliphatic carbocycles. The summed E-state index contributed by atoms with van der Waals surface area (Å²) >= 11 is 0. The van der Waals surface area contributed by atoms with E-state index >= 15 is 0 Å². The van der Waals surface area contributed by atoms with Gasteiger partial charge in [0.1, 0.15) is 5.75 Å². The van der Waals surface area contributed by atoms with Crippen LogP contribution in [0.5, 0.6) is 5.75 Å². The number of hydrogen-bond donors (Lipinski definition) is 1. The first-order chi connectivity index (χ1) is 11.2. The molecule has 0 fully saturated rings. The van der Waals surface area contributed by atoms with Crippen LogP contribution in [0.15, 0.2) is 29.3 Å². The van der Waals surface area contributed by atoms with E-state index < -0.39 is 0 Å². The Morgan fingerprint density at radius 3 is 2.65 bits per heavy atom. The molecule has 0 heterocycles. The fourth-order valence-corrected chi connectivity index (χ4v) is 2.09. The maximum atomic E-state index is 5.44. The smallest absolute Gasteiger partial charge is 0.194 e. The van der Waals surface area contributed by atoms with Crippen molar-refractivity contribution in [2.75, 3.05) is 54.2 Å². The first-order valence-electron chi connectivity index (χ1n) is 7.91. The Morgan fingerprint density at radius 1 is 1.17 bits per heavy atom. The Balaban J connectivity index is 2.57. The molecule has 1 aromatic rings. The predicted molar refractivity (Wildman–Crippen MR) is 93.1 cm³/mol. The molecule has 1 aromatic carbocycles. The average molecular weight is 323 g/mol.